The van der Waals surface area contributed by atoms with Crippen LogP contribution in [0.3, 0.4) is 0 Å². The van der Waals surface area contributed by atoms with Gasteiger partial charge in [-0.3, -0.25) is 4.57 Å². The van der Waals surface area contributed by atoms with Crippen molar-refractivity contribution in [3.05, 3.63) is 117 Å². The van der Waals surface area contributed by atoms with Gasteiger partial charge in [0.25, 0.3) is 0 Å². The van der Waals surface area contributed by atoms with Crippen LogP contribution in [0.4, 0.5) is 0 Å². The van der Waals surface area contributed by atoms with Gasteiger partial charge in [-0.05, 0) is 30.4 Å². The van der Waals surface area contributed by atoms with Gasteiger partial charge >= 0.3 is 0 Å². The highest BCUT2D eigenvalue weighted by molar-refractivity contribution is 6.13. The number of aromatic nitrogens is 1. The molecule has 3 rings (SSSR count). The molecule has 2 heterocycles. The van der Waals surface area contributed by atoms with Gasteiger partial charge < -0.3 is 4.42 Å². The highest BCUT2D eigenvalue weighted by Crippen LogP contribution is 2.40. The number of allylic oxidation sites excluding steroid dienone is 7. The van der Waals surface area contributed by atoms with E-state index in [2.05, 4.69) is 50.5 Å². The molecule has 0 spiro atoms. The van der Waals surface area contributed by atoms with Gasteiger partial charge in [0.2, 0.25) is 0 Å². The topological polar surface area (TPSA) is 30.4 Å². The number of fused-ring (bicyclic) bond motifs is 3. The Morgan fingerprint density at radius 3 is 2.16 bits per heavy atom. The third-order valence-corrected chi connectivity index (χ3v) is 4.92. The van der Waals surface area contributed by atoms with Crippen molar-refractivity contribution in [1.29, 1.82) is 0 Å². The van der Waals surface area contributed by atoms with Gasteiger partial charge in [0.1, 0.15) is 17.2 Å². The summed E-state index contributed by atoms with van der Waals surface area (Å²) < 4.78 is 8.34. The Labute approximate surface area is 189 Å². The first-order valence-electron chi connectivity index (χ1n) is 10.1. The second kappa shape index (κ2) is 10.1. The average molecular weight is 419 g/mol. The van der Waals surface area contributed by atoms with Crippen LogP contribution < -0.4 is 0 Å². The molecule has 0 atom stereocenters. The molecule has 1 aromatic carbocycles. The highest BCUT2D eigenvalue weighted by atomic mass is 16.3. The van der Waals surface area contributed by atoms with Gasteiger partial charge in [0.15, 0.2) is 0 Å². The SMILES string of the molecule is C=C/C=C\c1c(C=C)oc2c1ccc1c2c(/C=C\C=C)c(C=C)n1C(=C/C=C)/N=C\C=C. The lowest BCUT2D eigenvalue weighted by Crippen LogP contribution is -1.98. The van der Waals surface area contributed by atoms with E-state index in [9.17, 15) is 0 Å². The van der Waals surface area contributed by atoms with Crippen molar-refractivity contribution in [2.45, 2.75) is 0 Å². The summed E-state index contributed by atoms with van der Waals surface area (Å²) in [7, 11) is 0. The van der Waals surface area contributed by atoms with Crippen molar-refractivity contribution in [2.75, 3.05) is 0 Å². The van der Waals surface area contributed by atoms with E-state index in [1.165, 1.54) is 0 Å². The number of furan rings is 1. The molecule has 158 valence electrons. The Hall–Kier alpha value is -4.37. The molecule has 0 bridgehead atoms. The molecule has 0 amide bonds. The van der Waals surface area contributed by atoms with E-state index in [0.29, 0.717) is 11.6 Å². The molecular weight excluding hydrogens is 392 g/mol. The first-order chi connectivity index (χ1) is 15.7. The lowest BCUT2D eigenvalue weighted by Gasteiger charge is -2.09. The molecule has 0 N–H and O–H groups in total. The van der Waals surface area contributed by atoms with Crippen molar-refractivity contribution in [3.8, 4) is 0 Å². The minimum Gasteiger partial charge on any atom is -0.455 e. The summed E-state index contributed by atoms with van der Waals surface area (Å²) in [6, 6.07) is 4.11. The molecular formula is C29H26N2O. The van der Waals surface area contributed by atoms with Gasteiger partial charge in [0.05, 0.1) is 16.6 Å². The van der Waals surface area contributed by atoms with Crippen molar-refractivity contribution in [2.24, 2.45) is 4.99 Å². The largest absolute Gasteiger partial charge is 0.455 e. The van der Waals surface area contributed by atoms with Crippen LogP contribution in [-0.2, 0) is 0 Å². The van der Waals surface area contributed by atoms with Crippen LogP contribution in [0.1, 0.15) is 22.6 Å². The minimum absolute atomic E-state index is 0.680. The molecule has 0 unspecified atom stereocenters. The van der Waals surface area contributed by atoms with E-state index < -0.39 is 0 Å². The standard InChI is InChI=1S/C29H26N2O/c1-7-13-16-21-22-18-19-25-28(29(22)32-26(21)12-6)23(17-14-8-2)24(11-5)31(25)27(15-9-3)30-20-10-4/h7-20H,1-6H2/b16-13-,17-14-,27-15+,30-20-. The van der Waals surface area contributed by atoms with Gasteiger partial charge in [-0.2, -0.15) is 0 Å². The number of hydrogen-bond donors (Lipinski definition) is 0. The monoisotopic (exact) mass is 418 g/mol. The summed E-state index contributed by atoms with van der Waals surface area (Å²) in [4.78, 5) is 4.56. The summed E-state index contributed by atoms with van der Waals surface area (Å²) in [6.45, 7) is 23.1. The molecule has 2 aromatic heterocycles. The van der Waals surface area contributed by atoms with Crippen LogP contribution in [0.2, 0.25) is 0 Å². The summed E-state index contributed by atoms with van der Waals surface area (Å²) in [5.74, 6) is 1.38. The maximum Gasteiger partial charge on any atom is 0.145 e. The van der Waals surface area contributed by atoms with E-state index in [-0.39, 0.29) is 0 Å². The predicted molar refractivity (Wildman–Crippen MR) is 144 cm³/mol. The smallest absolute Gasteiger partial charge is 0.145 e. The van der Waals surface area contributed by atoms with Crippen molar-refractivity contribution < 1.29 is 4.42 Å². The fourth-order valence-corrected chi connectivity index (χ4v) is 3.69. The quantitative estimate of drug-likeness (QED) is 0.240. The molecule has 3 nitrogen and oxygen atoms in total. The molecule has 0 fully saturated rings. The zero-order chi connectivity index (χ0) is 23.1. The first-order valence-corrected chi connectivity index (χ1v) is 10.1. The van der Waals surface area contributed by atoms with Crippen molar-refractivity contribution in [3.63, 3.8) is 0 Å². The van der Waals surface area contributed by atoms with Crippen LogP contribution in [0.25, 0.3) is 52.0 Å². The Balaban J connectivity index is 2.57. The summed E-state index contributed by atoms with van der Waals surface area (Å²) in [6.07, 6.45) is 21.6. The van der Waals surface area contributed by atoms with Gasteiger partial charge in [-0.1, -0.05) is 88.1 Å². The number of rotatable bonds is 10. The summed E-state index contributed by atoms with van der Waals surface area (Å²) >= 11 is 0. The highest BCUT2D eigenvalue weighted by Gasteiger charge is 2.22. The summed E-state index contributed by atoms with van der Waals surface area (Å²) in [5, 5.41) is 1.93. The maximum absolute atomic E-state index is 6.31. The van der Waals surface area contributed by atoms with Crippen LogP contribution >= 0.6 is 0 Å². The van der Waals surface area contributed by atoms with Gasteiger partial charge in [-0.25, -0.2) is 4.99 Å². The number of nitrogens with zero attached hydrogens (tertiary/aromatic N) is 2. The van der Waals surface area contributed by atoms with E-state index in [0.717, 1.165) is 38.7 Å². The lowest BCUT2D eigenvalue weighted by atomic mass is 10.0. The lowest BCUT2D eigenvalue weighted by molar-refractivity contribution is 0.606. The van der Waals surface area contributed by atoms with E-state index >= 15 is 0 Å². The van der Waals surface area contributed by atoms with E-state index in [1.54, 1.807) is 36.6 Å². The van der Waals surface area contributed by atoms with Crippen LogP contribution in [0.15, 0.2) is 104 Å². The molecule has 0 radical (unpaired) electrons. The Bertz CT molecular complexity index is 1360. The maximum atomic E-state index is 6.31. The number of benzene rings is 1. The second-order valence-electron chi connectivity index (χ2n) is 6.72. The average Bonchev–Trinajstić information content (AvgIpc) is 3.33. The minimum atomic E-state index is 0.680. The fourth-order valence-electron chi connectivity index (χ4n) is 3.69. The van der Waals surface area contributed by atoms with Gasteiger partial charge in [-0.15, -0.1) is 0 Å². The molecule has 3 heteroatoms. The van der Waals surface area contributed by atoms with E-state index in [4.69, 9.17) is 4.42 Å². The van der Waals surface area contributed by atoms with E-state index in [1.807, 2.05) is 47.1 Å². The zero-order valence-electron chi connectivity index (χ0n) is 18.1. The molecule has 0 saturated carbocycles. The van der Waals surface area contributed by atoms with Crippen LogP contribution in [0, 0.1) is 0 Å². The Kier molecular flexibility index (Phi) is 7.04. The number of hydrogen-bond acceptors (Lipinski definition) is 2. The normalized spacial score (nSPS) is 12.3. The Morgan fingerprint density at radius 2 is 1.56 bits per heavy atom. The third kappa shape index (κ3) is 3.84. The van der Waals surface area contributed by atoms with Crippen LogP contribution in [0.5, 0.6) is 0 Å². The number of aliphatic imine (C=N–C) groups is 1. The van der Waals surface area contributed by atoms with Crippen molar-refractivity contribution >= 4 is 58.2 Å². The third-order valence-electron chi connectivity index (χ3n) is 4.92. The first kappa shape index (κ1) is 22.3. The second-order valence-corrected chi connectivity index (χ2v) is 6.72. The molecule has 32 heavy (non-hydrogen) atoms. The van der Waals surface area contributed by atoms with Crippen molar-refractivity contribution in [1.82, 2.24) is 4.57 Å². The molecule has 0 aliphatic heterocycles. The van der Waals surface area contributed by atoms with Gasteiger partial charge in [0, 0.05) is 22.7 Å². The fraction of sp³-hybridized carbons (Fsp3) is 0. The summed E-state index contributed by atoms with van der Waals surface area (Å²) in [5.41, 5.74) is 4.47. The molecule has 0 aliphatic rings. The Morgan fingerprint density at radius 1 is 0.844 bits per heavy atom. The van der Waals surface area contributed by atoms with Crippen LogP contribution in [-0.4, -0.2) is 10.8 Å². The molecule has 0 saturated heterocycles. The predicted octanol–water partition coefficient (Wildman–Crippen LogP) is 8.31. The molecule has 3 aromatic rings. The zero-order valence-corrected chi connectivity index (χ0v) is 18.1. The molecule has 0 aliphatic carbocycles.